The van der Waals surface area contributed by atoms with Crippen molar-refractivity contribution in [2.75, 3.05) is 0 Å². The van der Waals surface area contributed by atoms with Crippen LogP contribution in [0.15, 0.2) is 35.5 Å². The highest BCUT2D eigenvalue weighted by molar-refractivity contribution is 7.89. The third-order valence-electron chi connectivity index (χ3n) is 4.05. The second kappa shape index (κ2) is 7.58. The van der Waals surface area contributed by atoms with Crippen molar-refractivity contribution in [2.24, 2.45) is 0 Å². The summed E-state index contributed by atoms with van der Waals surface area (Å²) in [6, 6.07) is 1.92. The molecule has 1 N–H and O–H groups in total. The van der Waals surface area contributed by atoms with E-state index in [0.29, 0.717) is 31.7 Å². The molecular formula is C16H16F3N3O3S. The Bertz CT molecular complexity index is 870. The molecular weight excluding hydrogens is 371 g/mol. The maximum atomic E-state index is 13.7. The van der Waals surface area contributed by atoms with Crippen LogP contribution in [0.1, 0.15) is 25.7 Å². The van der Waals surface area contributed by atoms with Crippen LogP contribution in [-0.2, 0) is 10.0 Å². The van der Waals surface area contributed by atoms with Gasteiger partial charge in [0.05, 0.1) is 12.4 Å². The van der Waals surface area contributed by atoms with Crippen LogP contribution < -0.4 is 9.46 Å². The van der Waals surface area contributed by atoms with Gasteiger partial charge >= 0.3 is 6.01 Å². The minimum absolute atomic E-state index is 0.0530. The van der Waals surface area contributed by atoms with Crippen molar-refractivity contribution in [3.63, 3.8) is 0 Å². The van der Waals surface area contributed by atoms with Crippen LogP contribution in [0.25, 0.3) is 0 Å². The summed E-state index contributed by atoms with van der Waals surface area (Å²) in [6.45, 7) is 0. The highest BCUT2D eigenvalue weighted by atomic mass is 32.2. The Morgan fingerprint density at radius 1 is 1.00 bits per heavy atom. The molecule has 0 bridgehead atoms. The second-order valence-corrected chi connectivity index (χ2v) is 7.65. The van der Waals surface area contributed by atoms with Gasteiger partial charge in [0.15, 0.2) is 5.82 Å². The number of sulfonamides is 1. The minimum Gasteiger partial charge on any atom is -0.460 e. The number of hydrogen-bond donors (Lipinski definition) is 1. The lowest BCUT2D eigenvalue weighted by Crippen LogP contribution is -2.40. The molecule has 6 nitrogen and oxygen atoms in total. The van der Waals surface area contributed by atoms with Gasteiger partial charge in [-0.15, -0.1) is 0 Å². The van der Waals surface area contributed by atoms with Crippen LogP contribution in [0.5, 0.6) is 6.01 Å². The topological polar surface area (TPSA) is 81.2 Å². The zero-order valence-corrected chi connectivity index (χ0v) is 14.3. The van der Waals surface area contributed by atoms with Crippen LogP contribution in [0.4, 0.5) is 13.2 Å². The summed E-state index contributed by atoms with van der Waals surface area (Å²) in [5, 5.41) is 0. The van der Waals surface area contributed by atoms with E-state index in [1.165, 1.54) is 0 Å². The van der Waals surface area contributed by atoms with Crippen molar-refractivity contribution < 1.29 is 26.3 Å². The zero-order valence-electron chi connectivity index (χ0n) is 13.5. The van der Waals surface area contributed by atoms with Crippen LogP contribution in [0.3, 0.4) is 0 Å². The summed E-state index contributed by atoms with van der Waals surface area (Å²) in [5.74, 6) is -2.41. The first kappa shape index (κ1) is 18.6. The van der Waals surface area contributed by atoms with Gasteiger partial charge in [-0.1, -0.05) is 0 Å². The molecule has 1 aromatic heterocycles. The summed E-state index contributed by atoms with van der Waals surface area (Å²) in [7, 11) is -4.17. The summed E-state index contributed by atoms with van der Waals surface area (Å²) in [6.07, 6.45) is 3.68. The molecule has 1 aliphatic carbocycles. The molecule has 3 rings (SSSR count). The normalized spacial score (nSPS) is 20.7. The molecule has 0 atom stereocenters. The first-order valence-corrected chi connectivity index (χ1v) is 9.43. The highest BCUT2D eigenvalue weighted by Gasteiger charge is 2.28. The SMILES string of the molecule is O=S(=O)(NC1CCC(Oc2ncc(F)cn2)CC1)c1cc(F)ccc1F. The molecule has 1 aromatic carbocycles. The summed E-state index contributed by atoms with van der Waals surface area (Å²) in [5.41, 5.74) is 0. The molecule has 0 unspecified atom stereocenters. The van der Waals surface area contributed by atoms with Crippen LogP contribution in [0.2, 0.25) is 0 Å². The van der Waals surface area contributed by atoms with E-state index in [-0.39, 0.29) is 12.1 Å². The highest BCUT2D eigenvalue weighted by Crippen LogP contribution is 2.24. The van der Waals surface area contributed by atoms with Gasteiger partial charge in [-0.2, -0.15) is 0 Å². The van der Waals surface area contributed by atoms with Crippen LogP contribution in [0, 0.1) is 17.5 Å². The van der Waals surface area contributed by atoms with E-state index in [2.05, 4.69) is 14.7 Å². The van der Waals surface area contributed by atoms with E-state index in [4.69, 9.17) is 4.74 Å². The van der Waals surface area contributed by atoms with Gasteiger partial charge in [0.25, 0.3) is 0 Å². The Labute approximate surface area is 148 Å². The molecule has 10 heteroatoms. The van der Waals surface area contributed by atoms with Crippen LogP contribution >= 0.6 is 0 Å². The van der Waals surface area contributed by atoms with Crippen molar-refractivity contribution in [1.82, 2.24) is 14.7 Å². The Morgan fingerprint density at radius 2 is 1.65 bits per heavy atom. The predicted molar refractivity (Wildman–Crippen MR) is 85.3 cm³/mol. The number of hydrogen-bond acceptors (Lipinski definition) is 5. The molecule has 0 spiro atoms. The van der Waals surface area contributed by atoms with Gasteiger partial charge in [0, 0.05) is 6.04 Å². The van der Waals surface area contributed by atoms with E-state index >= 15 is 0 Å². The first-order valence-electron chi connectivity index (χ1n) is 7.95. The van der Waals surface area contributed by atoms with Gasteiger partial charge in [-0.3, -0.25) is 0 Å². The number of nitrogens with one attached hydrogen (secondary N) is 1. The molecule has 1 saturated carbocycles. The Morgan fingerprint density at radius 3 is 2.31 bits per heavy atom. The first-order chi connectivity index (χ1) is 12.3. The quantitative estimate of drug-likeness (QED) is 0.853. The van der Waals surface area contributed by atoms with E-state index in [9.17, 15) is 21.6 Å². The molecule has 0 saturated heterocycles. The van der Waals surface area contributed by atoms with Crippen molar-refractivity contribution in [1.29, 1.82) is 0 Å². The fourth-order valence-corrected chi connectivity index (χ4v) is 4.17. The van der Waals surface area contributed by atoms with Crippen molar-refractivity contribution in [3.05, 3.63) is 48.0 Å². The van der Waals surface area contributed by atoms with Crippen molar-refractivity contribution in [3.8, 4) is 6.01 Å². The molecule has 0 amide bonds. The molecule has 26 heavy (non-hydrogen) atoms. The largest absolute Gasteiger partial charge is 0.460 e. The molecule has 0 aliphatic heterocycles. The average Bonchev–Trinajstić information content (AvgIpc) is 2.60. The maximum Gasteiger partial charge on any atom is 0.316 e. The number of ether oxygens (including phenoxy) is 1. The molecule has 1 aliphatic rings. The summed E-state index contributed by atoms with van der Waals surface area (Å²) in [4.78, 5) is 6.71. The zero-order chi connectivity index (χ0) is 18.7. The second-order valence-electron chi connectivity index (χ2n) is 5.97. The summed E-state index contributed by atoms with van der Waals surface area (Å²) >= 11 is 0. The van der Waals surface area contributed by atoms with E-state index < -0.39 is 38.4 Å². The van der Waals surface area contributed by atoms with Gasteiger partial charge in [-0.05, 0) is 43.9 Å². The number of halogens is 3. The Hall–Kier alpha value is -2.20. The lowest BCUT2D eigenvalue weighted by atomic mass is 9.94. The predicted octanol–water partition coefficient (Wildman–Crippen LogP) is 2.56. The van der Waals surface area contributed by atoms with Gasteiger partial charge in [0.2, 0.25) is 10.0 Å². The van der Waals surface area contributed by atoms with E-state index in [1.807, 2.05) is 0 Å². The fourth-order valence-electron chi connectivity index (χ4n) is 2.77. The monoisotopic (exact) mass is 387 g/mol. The van der Waals surface area contributed by atoms with Crippen LogP contribution in [-0.4, -0.2) is 30.5 Å². The Kier molecular flexibility index (Phi) is 5.42. The maximum absolute atomic E-state index is 13.7. The smallest absolute Gasteiger partial charge is 0.316 e. The summed E-state index contributed by atoms with van der Waals surface area (Å²) < 4.78 is 72.2. The molecule has 2 aromatic rings. The van der Waals surface area contributed by atoms with Crippen molar-refractivity contribution in [2.45, 2.75) is 42.7 Å². The fraction of sp³-hybridized carbons (Fsp3) is 0.375. The molecule has 1 heterocycles. The number of nitrogens with zero attached hydrogens (tertiary/aromatic N) is 2. The standard InChI is InChI=1S/C16H16F3N3O3S/c17-10-1-6-14(19)15(7-10)26(23,24)22-12-2-4-13(5-3-12)25-16-20-8-11(18)9-21-16/h1,6-9,12-13,22H,2-5H2. The lowest BCUT2D eigenvalue weighted by molar-refractivity contribution is 0.131. The number of rotatable bonds is 5. The van der Waals surface area contributed by atoms with Gasteiger partial charge in [-0.25, -0.2) is 36.3 Å². The van der Waals surface area contributed by atoms with Crippen molar-refractivity contribution >= 4 is 10.0 Å². The third-order valence-corrected chi connectivity index (χ3v) is 5.58. The number of benzene rings is 1. The minimum atomic E-state index is -4.17. The average molecular weight is 387 g/mol. The molecule has 0 radical (unpaired) electrons. The number of aromatic nitrogens is 2. The Balaban J connectivity index is 1.58. The molecule has 140 valence electrons. The van der Waals surface area contributed by atoms with Gasteiger partial charge < -0.3 is 4.74 Å². The third kappa shape index (κ3) is 4.50. The van der Waals surface area contributed by atoms with E-state index in [1.54, 1.807) is 0 Å². The van der Waals surface area contributed by atoms with Gasteiger partial charge in [0.1, 0.15) is 22.6 Å². The lowest BCUT2D eigenvalue weighted by Gasteiger charge is -2.28. The molecule has 1 fully saturated rings. The van der Waals surface area contributed by atoms with E-state index in [0.717, 1.165) is 24.5 Å².